The molecule has 0 aliphatic rings. The summed E-state index contributed by atoms with van der Waals surface area (Å²) in [7, 11) is 0. The van der Waals surface area contributed by atoms with Gasteiger partial charge in [0.05, 0.1) is 5.01 Å². The van der Waals surface area contributed by atoms with Gasteiger partial charge in [-0.25, -0.2) is 9.97 Å². The predicted molar refractivity (Wildman–Crippen MR) is 46.9 cm³/mol. The molecule has 2 aromatic heterocycles. The third-order valence-electron chi connectivity index (χ3n) is 1.61. The average molecular weight is 164 g/mol. The number of nitrogens with zero attached hydrogens (tertiary/aromatic N) is 2. The first kappa shape index (κ1) is 6.73. The van der Waals surface area contributed by atoms with Gasteiger partial charge in [0.1, 0.15) is 10.3 Å². The number of rotatable bonds is 0. The highest BCUT2D eigenvalue weighted by Crippen LogP contribution is 2.20. The molecule has 0 aromatic carbocycles. The Bertz CT molecular complexity index is 392. The van der Waals surface area contributed by atoms with Crippen molar-refractivity contribution in [1.29, 1.82) is 0 Å². The Labute approximate surface area is 68.9 Å². The molecule has 2 heterocycles. The normalized spacial score (nSPS) is 10.7. The van der Waals surface area contributed by atoms with Crippen LogP contribution in [0, 0.1) is 13.8 Å². The zero-order valence-electron chi connectivity index (χ0n) is 6.46. The van der Waals surface area contributed by atoms with E-state index >= 15 is 0 Å². The smallest absolute Gasteiger partial charge is 0.143 e. The number of fused-ring (bicyclic) bond motifs is 1. The second-order valence-electron chi connectivity index (χ2n) is 2.51. The second-order valence-corrected chi connectivity index (χ2v) is 3.70. The summed E-state index contributed by atoms with van der Waals surface area (Å²) in [5, 5.41) is 1.09. The first-order valence-corrected chi connectivity index (χ1v) is 4.28. The summed E-state index contributed by atoms with van der Waals surface area (Å²) in [5.41, 5.74) is 2.26. The van der Waals surface area contributed by atoms with E-state index in [1.807, 2.05) is 19.2 Å². The maximum Gasteiger partial charge on any atom is 0.143 e. The summed E-state index contributed by atoms with van der Waals surface area (Å²) >= 11 is 1.64. The van der Waals surface area contributed by atoms with Crippen LogP contribution in [0.1, 0.15) is 10.6 Å². The molecule has 0 amide bonds. The van der Waals surface area contributed by atoms with Crippen LogP contribution >= 0.6 is 11.3 Å². The van der Waals surface area contributed by atoms with Crippen LogP contribution in [0.15, 0.2) is 12.3 Å². The van der Waals surface area contributed by atoms with E-state index in [1.54, 1.807) is 11.3 Å². The van der Waals surface area contributed by atoms with Crippen LogP contribution < -0.4 is 0 Å². The zero-order chi connectivity index (χ0) is 7.84. The molecule has 11 heavy (non-hydrogen) atoms. The van der Waals surface area contributed by atoms with Crippen LogP contribution in [0.2, 0.25) is 0 Å². The summed E-state index contributed by atoms with van der Waals surface area (Å²) in [6.45, 7) is 4.06. The molecule has 0 radical (unpaired) electrons. The SMILES string of the molecule is Cc1nc2c(C)ccnc2s1. The Morgan fingerprint density at radius 3 is 2.91 bits per heavy atom. The lowest BCUT2D eigenvalue weighted by atomic mass is 10.3. The van der Waals surface area contributed by atoms with Crippen LogP contribution in [0.5, 0.6) is 0 Å². The van der Waals surface area contributed by atoms with Crippen molar-refractivity contribution in [1.82, 2.24) is 9.97 Å². The van der Waals surface area contributed by atoms with Crippen LogP contribution in [0.25, 0.3) is 10.3 Å². The first-order chi connectivity index (χ1) is 5.27. The van der Waals surface area contributed by atoms with Gasteiger partial charge in [0, 0.05) is 6.20 Å². The number of aromatic nitrogens is 2. The van der Waals surface area contributed by atoms with Gasteiger partial charge in [-0.15, -0.1) is 0 Å². The molecule has 0 saturated carbocycles. The molecule has 0 N–H and O–H groups in total. The molecule has 0 aliphatic heterocycles. The van der Waals surface area contributed by atoms with Gasteiger partial charge in [-0.2, -0.15) is 0 Å². The molecule has 56 valence electrons. The van der Waals surface area contributed by atoms with Crippen molar-refractivity contribution in [2.45, 2.75) is 13.8 Å². The summed E-state index contributed by atoms with van der Waals surface area (Å²) in [6, 6.07) is 1.99. The van der Waals surface area contributed by atoms with E-state index in [9.17, 15) is 0 Å². The highest BCUT2D eigenvalue weighted by Gasteiger charge is 2.01. The molecule has 2 nitrogen and oxygen atoms in total. The minimum Gasteiger partial charge on any atom is -0.244 e. The van der Waals surface area contributed by atoms with Crippen LogP contribution in [0.4, 0.5) is 0 Å². The Kier molecular flexibility index (Phi) is 1.39. The monoisotopic (exact) mass is 164 g/mol. The minimum absolute atomic E-state index is 1.04. The van der Waals surface area contributed by atoms with E-state index < -0.39 is 0 Å². The van der Waals surface area contributed by atoms with E-state index in [-0.39, 0.29) is 0 Å². The van der Waals surface area contributed by atoms with Gasteiger partial charge in [-0.3, -0.25) is 0 Å². The third-order valence-corrected chi connectivity index (χ3v) is 2.48. The number of aryl methyl sites for hydroxylation is 2. The standard InChI is InChI=1S/C8H8N2S/c1-5-3-4-9-8-7(5)10-6(2)11-8/h3-4H,1-2H3. The van der Waals surface area contributed by atoms with Crippen molar-refractivity contribution in [3.05, 3.63) is 22.8 Å². The van der Waals surface area contributed by atoms with Gasteiger partial charge in [-0.05, 0) is 25.5 Å². The molecule has 2 aromatic rings. The van der Waals surface area contributed by atoms with Crippen LogP contribution in [-0.2, 0) is 0 Å². The van der Waals surface area contributed by atoms with Crippen molar-refractivity contribution < 1.29 is 0 Å². The largest absolute Gasteiger partial charge is 0.244 e. The molecule has 0 atom stereocenters. The lowest BCUT2D eigenvalue weighted by Crippen LogP contribution is -1.77. The molecule has 0 bridgehead atoms. The van der Waals surface area contributed by atoms with Crippen molar-refractivity contribution in [2.75, 3.05) is 0 Å². The van der Waals surface area contributed by atoms with Crippen LogP contribution in [0.3, 0.4) is 0 Å². The summed E-state index contributed by atoms with van der Waals surface area (Å²) in [5.74, 6) is 0. The van der Waals surface area contributed by atoms with Gasteiger partial charge >= 0.3 is 0 Å². The lowest BCUT2D eigenvalue weighted by molar-refractivity contribution is 1.30. The fraction of sp³-hybridized carbons (Fsp3) is 0.250. The topological polar surface area (TPSA) is 25.8 Å². The van der Waals surface area contributed by atoms with E-state index in [0.29, 0.717) is 0 Å². The molecule has 3 heteroatoms. The van der Waals surface area contributed by atoms with Gasteiger partial charge in [-0.1, -0.05) is 11.3 Å². The molecule has 0 unspecified atom stereocenters. The number of hydrogen-bond donors (Lipinski definition) is 0. The Morgan fingerprint density at radius 2 is 2.18 bits per heavy atom. The van der Waals surface area contributed by atoms with Crippen molar-refractivity contribution in [2.24, 2.45) is 0 Å². The predicted octanol–water partition coefficient (Wildman–Crippen LogP) is 2.31. The first-order valence-electron chi connectivity index (χ1n) is 3.46. The summed E-state index contributed by atoms with van der Waals surface area (Å²) < 4.78 is 0. The third kappa shape index (κ3) is 1.01. The molecule has 2 rings (SSSR count). The quantitative estimate of drug-likeness (QED) is 0.597. The van der Waals surface area contributed by atoms with Crippen molar-refractivity contribution in [3.63, 3.8) is 0 Å². The molecular weight excluding hydrogens is 156 g/mol. The van der Waals surface area contributed by atoms with Gasteiger partial charge in [0.25, 0.3) is 0 Å². The Balaban J connectivity index is 2.90. The Hall–Kier alpha value is -0.960. The number of hydrogen-bond acceptors (Lipinski definition) is 3. The highest BCUT2D eigenvalue weighted by atomic mass is 32.1. The minimum atomic E-state index is 1.04. The van der Waals surface area contributed by atoms with Crippen molar-refractivity contribution in [3.8, 4) is 0 Å². The lowest BCUT2D eigenvalue weighted by Gasteiger charge is -1.89. The maximum atomic E-state index is 4.37. The second kappa shape index (κ2) is 2.27. The summed E-state index contributed by atoms with van der Waals surface area (Å²) in [4.78, 5) is 9.63. The van der Waals surface area contributed by atoms with E-state index in [1.165, 1.54) is 5.56 Å². The number of pyridine rings is 1. The zero-order valence-corrected chi connectivity index (χ0v) is 7.27. The van der Waals surface area contributed by atoms with Crippen LogP contribution in [-0.4, -0.2) is 9.97 Å². The number of thiazole rings is 1. The van der Waals surface area contributed by atoms with E-state index in [4.69, 9.17) is 0 Å². The average Bonchev–Trinajstić information content (AvgIpc) is 2.31. The highest BCUT2D eigenvalue weighted by molar-refractivity contribution is 7.18. The van der Waals surface area contributed by atoms with E-state index in [0.717, 1.165) is 15.4 Å². The molecule has 0 saturated heterocycles. The Morgan fingerprint density at radius 1 is 1.36 bits per heavy atom. The van der Waals surface area contributed by atoms with Crippen molar-refractivity contribution >= 4 is 21.7 Å². The fourth-order valence-electron chi connectivity index (χ4n) is 1.06. The molecular formula is C8H8N2S. The van der Waals surface area contributed by atoms with Gasteiger partial charge in [0.15, 0.2) is 0 Å². The molecule has 0 aliphatic carbocycles. The maximum absolute atomic E-state index is 4.37. The molecule has 0 spiro atoms. The van der Waals surface area contributed by atoms with Gasteiger partial charge < -0.3 is 0 Å². The van der Waals surface area contributed by atoms with E-state index in [2.05, 4.69) is 16.9 Å². The molecule has 0 fully saturated rings. The fourth-order valence-corrected chi connectivity index (χ4v) is 1.89. The van der Waals surface area contributed by atoms with Gasteiger partial charge in [0.2, 0.25) is 0 Å². The summed E-state index contributed by atoms with van der Waals surface area (Å²) in [6.07, 6.45) is 1.83.